The van der Waals surface area contributed by atoms with Gasteiger partial charge >= 0.3 is 11.9 Å². The summed E-state index contributed by atoms with van der Waals surface area (Å²) in [6.07, 6.45) is 1.54. The Morgan fingerprint density at radius 2 is 2.18 bits per heavy atom. The highest BCUT2D eigenvalue weighted by atomic mass is 16.6. The number of carbonyl (C=O) groups is 2. The molecule has 2 fully saturated rings. The number of rotatable bonds is 2. The van der Waals surface area contributed by atoms with Crippen LogP contribution in [0.25, 0.3) is 0 Å². The summed E-state index contributed by atoms with van der Waals surface area (Å²) in [5, 5.41) is 14.6. The molecule has 120 valence electrons. The number of hydrogen-bond donors (Lipinski definition) is 1. The van der Waals surface area contributed by atoms with Gasteiger partial charge in [-0.3, -0.25) is 4.79 Å². The van der Waals surface area contributed by atoms with E-state index >= 15 is 0 Å². The third-order valence-corrected chi connectivity index (χ3v) is 4.80. The standard InChI is InChI=1S/C15H19NO6/c1-13(2)8-15(19)10(4-6-14(15,3)12(18)21-13)20-11(17)9-5-7-16-22-9/h5,7,10,19H,4,6,8H2,1-3H3/t10-,14+,15-/m1/s1. The number of esters is 2. The van der Waals surface area contributed by atoms with Crippen molar-refractivity contribution in [1.29, 1.82) is 0 Å². The van der Waals surface area contributed by atoms with Crippen LogP contribution in [0.2, 0.25) is 0 Å². The topological polar surface area (TPSA) is 98.9 Å². The zero-order chi connectivity index (χ0) is 16.2. The lowest BCUT2D eigenvalue weighted by Crippen LogP contribution is -2.63. The number of fused-ring (bicyclic) bond motifs is 1. The van der Waals surface area contributed by atoms with E-state index in [1.54, 1.807) is 20.8 Å². The molecule has 1 aromatic rings. The van der Waals surface area contributed by atoms with E-state index in [1.807, 2.05) is 0 Å². The number of cyclic esters (lactones) is 1. The molecule has 7 nitrogen and oxygen atoms in total. The summed E-state index contributed by atoms with van der Waals surface area (Å²) in [6, 6.07) is 1.39. The van der Waals surface area contributed by atoms with Crippen molar-refractivity contribution < 1.29 is 28.7 Å². The fourth-order valence-corrected chi connectivity index (χ4v) is 3.53. The first-order valence-electron chi connectivity index (χ1n) is 7.25. The van der Waals surface area contributed by atoms with Gasteiger partial charge in [-0.15, -0.1) is 0 Å². The maximum Gasteiger partial charge on any atom is 0.377 e. The van der Waals surface area contributed by atoms with Crippen LogP contribution in [0.15, 0.2) is 16.8 Å². The van der Waals surface area contributed by atoms with Crippen LogP contribution in [-0.4, -0.2) is 39.5 Å². The minimum absolute atomic E-state index is 0.0325. The smallest absolute Gasteiger partial charge is 0.377 e. The molecule has 0 aromatic carbocycles. The number of hydrogen-bond acceptors (Lipinski definition) is 7. The summed E-state index contributed by atoms with van der Waals surface area (Å²) in [5.41, 5.74) is -3.34. The molecule has 3 rings (SSSR count). The van der Waals surface area contributed by atoms with Gasteiger partial charge in [0, 0.05) is 12.5 Å². The van der Waals surface area contributed by atoms with E-state index in [9.17, 15) is 14.7 Å². The largest absolute Gasteiger partial charge is 0.459 e. The van der Waals surface area contributed by atoms with E-state index in [2.05, 4.69) is 5.16 Å². The fourth-order valence-electron chi connectivity index (χ4n) is 3.53. The van der Waals surface area contributed by atoms with Crippen LogP contribution in [0.4, 0.5) is 0 Å². The van der Waals surface area contributed by atoms with Gasteiger partial charge in [0.1, 0.15) is 17.3 Å². The molecule has 0 unspecified atom stereocenters. The van der Waals surface area contributed by atoms with Gasteiger partial charge in [0.05, 0.1) is 11.6 Å². The predicted molar refractivity (Wildman–Crippen MR) is 72.8 cm³/mol. The molecule has 0 spiro atoms. The molecule has 1 aliphatic heterocycles. The van der Waals surface area contributed by atoms with Crippen LogP contribution in [0.1, 0.15) is 50.6 Å². The summed E-state index contributed by atoms with van der Waals surface area (Å²) in [5.74, 6) is -1.18. The van der Waals surface area contributed by atoms with E-state index < -0.39 is 34.7 Å². The summed E-state index contributed by atoms with van der Waals surface area (Å²) >= 11 is 0. The van der Waals surface area contributed by atoms with Gasteiger partial charge in [0.15, 0.2) is 0 Å². The van der Waals surface area contributed by atoms with Gasteiger partial charge in [-0.1, -0.05) is 5.16 Å². The summed E-state index contributed by atoms with van der Waals surface area (Å²) in [4.78, 5) is 24.4. The normalized spacial score (nSPS) is 36.5. The van der Waals surface area contributed by atoms with Crippen molar-refractivity contribution in [3.63, 3.8) is 0 Å². The molecular weight excluding hydrogens is 290 g/mol. The highest BCUT2D eigenvalue weighted by Gasteiger charge is 2.68. The molecule has 0 bridgehead atoms. The second-order valence-corrected chi connectivity index (χ2v) is 6.89. The second kappa shape index (κ2) is 4.55. The SMILES string of the molecule is CC1(C)C[C@@]2(O)[C@H](OC(=O)c3ccno3)CC[C@@]2(C)C(=O)O1. The molecule has 1 aromatic heterocycles. The molecule has 0 radical (unpaired) electrons. The van der Waals surface area contributed by atoms with Crippen LogP contribution in [0.5, 0.6) is 0 Å². The van der Waals surface area contributed by atoms with Crippen molar-refractivity contribution in [2.75, 3.05) is 0 Å². The third-order valence-electron chi connectivity index (χ3n) is 4.80. The molecule has 1 aliphatic carbocycles. The number of nitrogens with zero attached hydrogens (tertiary/aromatic N) is 1. The molecule has 1 saturated heterocycles. The van der Waals surface area contributed by atoms with Crippen molar-refractivity contribution in [3.8, 4) is 0 Å². The molecular formula is C15H19NO6. The fraction of sp³-hybridized carbons (Fsp3) is 0.667. The maximum atomic E-state index is 12.3. The Balaban J connectivity index is 1.88. The molecule has 3 atom stereocenters. The molecule has 1 saturated carbocycles. The van der Waals surface area contributed by atoms with Crippen LogP contribution in [-0.2, 0) is 14.3 Å². The Hall–Kier alpha value is -1.89. The Morgan fingerprint density at radius 1 is 1.45 bits per heavy atom. The molecule has 22 heavy (non-hydrogen) atoms. The Bertz CT molecular complexity index is 610. The monoisotopic (exact) mass is 309 g/mol. The van der Waals surface area contributed by atoms with E-state index in [0.717, 1.165) is 0 Å². The van der Waals surface area contributed by atoms with Gasteiger partial charge in [-0.2, -0.15) is 0 Å². The zero-order valence-corrected chi connectivity index (χ0v) is 12.8. The lowest BCUT2D eigenvalue weighted by atomic mass is 9.68. The highest BCUT2D eigenvalue weighted by molar-refractivity contribution is 5.86. The summed E-state index contributed by atoms with van der Waals surface area (Å²) in [6.45, 7) is 5.12. The first kappa shape index (κ1) is 15.0. The van der Waals surface area contributed by atoms with Crippen molar-refractivity contribution in [3.05, 3.63) is 18.0 Å². The molecule has 1 N–H and O–H groups in total. The minimum Gasteiger partial charge on any atom is -0.459 e. The van der Waals surface area contributed by atoms with Gasteiger partial charge in [-0.05, 0) is 33.6 Å². The highest BCUT2D eigenvalue weighted by Crippen LogP contribution is 2.55. The van der Waals surface area contributed by atoms with Crippen LogP contribution in [0, 0.1) is 5.41 Å². The van der Waals surface area contributed by atoms with Crippen molar-refractivity contribution >= 4 is 11.9 Å². The Labute approximate surface area is 127 Å². The average molecular weight is 309 g/mol. The number of aliphatic hydroxyl groups is 1. The van der Waals surface area contributed by atoms with Crippen molar-refractivity contribution in [1.82, 2.24) is 5.16 Å². The Kier molecular flexibility index (Phi) is 3.11. The molecule has 2 aliphatic rings. The number of ether oxygens (including phenoxy) is 2. The number of carbonyl (C=O) groups excluding carboxylic acids is 2. The third kappa shape index (κ3) is 2.03. The quantitative estimate of drug-likeness (QED) is 0.825. The van der Waals surface area contributed by atoms with Crippen molar-refractivity contribution in [2.24, 2.45) is 5.41 Å². The second-order valence-electron chi connectivity index (χ2n) is 6.89. The first-order chi connectivity index (χ1) is 10.2. The zero-order valence-electron chi connectivity index (χ0n) is 12.8. The van der Waals surface area contributed by atoms with E-state index in [4.69, 9.17) is 14.0 Å². The predicted octanol–water partition coefficient (Wildman–Crippen LogP) is 1.46. The first-order valence-corrected chi connectivity index (χ1v) is 7.25. The molecule has 2 heterocycles. The van der Waals surface area contributed by atoms with Crippen molar-refractivity contribution in [2.45, 2.75) is 57.3 Å². The maximum absolute atomic E-state index is 12.3. The molecule has 0 amide bonds. The van der Waals surface area contributed by atoms with Crippen LogP contribution in [0.3, 0.4) is 0 Å². The summed E-state index contributed by atoms with van der Waals surface area (Å²) in [7, 11) is 0. The van der Waals surface area contributed by atoms with E-state index in [0.29, 0.717) is 12.8 Å². The van der Waals surface area contributed by atoms with Gasteiger partial charge in [-0.25, -0.2) is 4.79 Å². The van der Waals surface area contributed by atoms with Gasteiger partial charge in [0.25, 0.3) is 0 Å². The van der Waals surface area contributed by atoms with Crippen LogP contribution >= 0.6 is 0 Å². The van der Waals surface area contributed by atoms with Crippen LogP contribution < -0.4 is 0 Å². The lowest BCUT2D eigenvalue weighted by molar-refractivity contribution is -0.227. The minimum atomic E-state index is -1.46. The van der Waals surface area contributed by atoms with Gasteiger partial charge in [0.2, 0.25) is 5.76 Å². The van der Waals surface area contributed by atoms with E-state index in [-0.39, 0.29) is 12.2 Å². The average Bonchev–Trinajstić information content (AvgIpc) is 3.00. The van der Waals surface area contributed by atoms with E-state index in [1.165, 1.54) is 12.3 Å². The molecule has 7 heteroatoms. The lowest BCUT2D eigenvalue weighted by Gasteiger charge is -2.49. The number of aromatic nitrogens is 1. The summed E-state index contributed by atoms with van der Waals surface area (Å²) < 4.78 is 15.6. The van der Waals surface area contributed by atoms with Gasteiger partial charge < -0.3 is 19.1 Å². The Morgan fingerprint density at radius 3 is 2.82 bits per heavy atom.